The molecule has 0 bridgehead atoms. The maximum atomic E-state index is 14.6. The van der Waals surface area contributed by atoms with Crippen molar-refractivity contribution in [3.8, 4) is 17.1 Å². The first-order chi connectivity index (χ1) is 17.5. The Kier molecular flexibility index (Phi) is 5.92. The largest absolute Gasteiger partial charge is 0.493 e. The molecule has 2 aliphatic rings. The fourth-order valence-corrected chi connectivity index (χ4v) is 5.08. The zero-order valence-corrected chi connectivity index (χ0v) is 20.2. The van der Waals surface area contributed by atoms with Crippen LogP contribution in [0.2, 0.25) is 5.02 Å². The predicted molar refractivity (Wildman–Crippen MR) is 135 cm³/mol. The topological polar surface area (TPSA) is 96.0 Å². The number of likely N-dealkylation sites (tertiary alicyclic amines) is 1. The van der Waals surface area contributed by atoms with Crippen molar-refractivity contribution in [2.24, 2.45) is 5.92 Å². The molecule has 10 heteroatoms. The number of aromatic amines is 1. The summed E-state index contributed by atoms with van der Waals surface area (Å²) in [7, 11) is 0. The van der Waals surface area contributed by atoms with Gasteiger partial charge < -0.3 is 19.9 Å². The molecule has 1 saturated heterocycles. The second kappa shape index (κ2) is 9.39. The Morgan fingerprint density at radius 3 is 3.11 bits per heavy atom. The first-order valence-corrected chi connectivity index (χ1v) is 12.4. The zero-order chi connectivity index (χ0) is 24.6. The van der Waals surface area contributed by atoms with Gasteiger partial charge in [0.05, 0.1) is 17.8 Å². The van der Waals surface area contributed by atoms with Crippen molar-refractivity contribution >= 4 is 34.4 Å². The zero-order valence-electron chi connectivity index (χ0n) is 19.4. The number of H-pyrrole nitrogens is 1. The monoisotopic (exact) mass is 506 g/mol. The highest BCUT2D eigenvalue weighted by Crippen LogP contribution is 2.29. The quantitative estimate of drug-likeness (QED) is 0.407. The Labute approximate surface area is 211 Å². The fraction of sp³-hybridized carbons (Fsp3) is 0.308. The number of aromatic nitrogens is 4. The molecule has 184 valence electrons. The number of piperidine rings is 1. The third-order valence-corrected chi connectivity index (χ3v) is 7.00. The van der Waals surface area contributed by atoms with E-state index in [1.165, 1.54) is 0 Å². The van der Waals surface area contributed by atoms with Crippen LogP contribution in [0.4, 0.5) is 10.2 Å². The van der Waals surface area contributed by atoms with E-state index in [2.05, 4.69) is 25.3 Å². The van der Waals surface area contributed by atoms with E-state index in [1.54, 1.807) is 18.5 Å². The number of fused-ring (bicyclic) bond motifs is 2. The summed E-state index contributed by atoms with van der Waals surface area (Å²) in [5.41, 5.74) is 3.13. The maximum Gasteiger partial charge on any atom is 0.253 e. The molecule has 5 heterocycles. The van der Waals surface area contributed by atoms with Crippen LogP contribution in [0.25, 0.3) is 22.4 Å². The van der Waals surface area contributed by atoms with Gasteiger partial charge in [-0.2, -0.15) is 0 Å². The smallest absolute Gasteiger partial charge is 0.253 e. The number of ether oxygens (including phenoxy) is 1. The Morgan fingerprint density at radius 1 is 1.28 bits per heavy atom. The number of rotatable bonds is 5. The number of hydrogen-bond donors (Lipinski definition) is 2. The van der Waals surface area contributed by atoms with Crippen molar-refractivity contribution < 1.29 is 13.9 Å². The molecule has 0 aliphatic carbocycles. The molecule has 0 saturated carbocycles. The molecule has 0 spiro atoms. The maximum absolute atomic E-state index is 14.6. The summed E-state index contributed by atoms with van der Waals surface area (Å²) in [5, 5.41) is 4.40. The van der Waals surface area contributed by atoms with E-state index in [1.807, 2.05) is 23.1 Å². The highest BCUT2D eigenvalue weighted by molar-refractivity contribution is 6.31. The number of carbonyl (C=O) groups is 1. The molecular weight excluding hydrogens is 483 g/mol. The normalized spacial score (nSPS) is 17.2. The minimum Gasteiger partial charge on any atom is -0.493 e. The van der Waals surface area contributed by atoms with Crippen LogP contribution < -0.4 is 10.1 Å². The predicted octanol–water partition coefficient (Wildman–Crippen LogP) is 4.71. The van der Waals surface area contributed by atoms with Crippen LogP contribution >= 0.6 is 11.6 Å². The van der Waals surface area contributed by atoms with Crippen LogP contribution in [0.15, 0.2) is 42.9 Å². The van der Waals surface area contributed by atoms with Crippen molar-refractivity contribution in [1.82, 2.24) is 24.8 Å². The number of nitrogens with one attached hydrogen (secondary N) is 2. The lowest BCUT2D eigenvalue weighted by atomic mass is 9.97. The van der Waals surface area contributed by atoms with E-state index in [0.717, 1.165) is 42.2 Å². The van der Waals surface area contributed by atoms with Gasteiger partial charge in [-0.15, -0.1) is 0 Å². The van der Waals surface area contributed by atoms with Crippen LogP contribution in [0, 0.1) is 11.7 Å². The Bertz CT molecular complexity index is 1460. The minimum atomic E-state index is -0.531. The summed E-state index contributed by atoms with van der Waals surface area (Å²) in [6.45, 7) is 2.45. The number of carbonyl (C=O) groups excluding carboxylic acids is 1. The standard InChI is InChI=1S/C26H24ClFN6O2/c27-18-9-19-20(12-31-23(19)30-11-18)24-32-13-21(28)25(33-24)29-10-15-2-1-6-34(14-15)26(35)17-4-3-16-5-7-36-22(16)8-17/h3-4,8-9,11-13,15H,1-2,5-7,10,14H2,(H,30,31)(H,29,32,33). The van der Waals surface area contributed by atoms with Gasteiger partial charge in [-0.05, 0) is 42.5 Å². The first-order valence-electron chi connectivity index (χ1n) is 12.0. The summed E-state index contributed by atoms with van der Waals surface area (Å²) in [6, 6.07) is 7.47. The van der Waals surface area contributed by atoms with Gasteiger partial charge in [0.25, 0.3) is 5.91 Å². The summed E-state index contributed by atoms with van der Waals surface area (Å²) >= 11 is 6.10. The molecule has 36 heavy (non-hydrogen) atoms. The lowest BCUT2D eigenvalue weighted by Crippen LogP contribution is -2.41. The fourth-order valence-electron chi connectivity index (χ4n) is 4.92. The average molecular weight is 507 g/mol. The number of hydrogen-bond acceptors (Lipinski definition) is 6. The van der Waals surface area contributed by atoms with Crippen LogP contribution in [0.1, 0.15) is 28.8 Å². The summed E-state index contributed by atoms with van der Waals surface area (Å²) in [6.07, 6.45) is 7.16. The second-order valence-corrected chi connectivity index (χ2v) is 9.64. The van der Waals surface area contributed by atoms with Crippen molar-refractivity contribution in [3.05, 3.63) is 64.8 Å². The molecule has 2 aliphatic heterocycles. The van der Waals surface area contributed by atoms with Gasteiger partial charge in [-0.3, -0.25) is 4.79 Å². The number of benzene rings is 1. The SMILES string of the molecule is O=C(c1ccc2c(c1)OCC2)N1CCCC(CNc2nc(-c3c[nH]c4ncc(Cl)cc34)ncc2F)C1. The molecule has 1 atom stereocenters. The van der Waals surface area contributed by atoms with E-state index in [4.69, 9.17) is 16.3 Å². The Morgan fingerprint density at radius 2 is 2.19 bits per heavy atom. The lowest BCUT2D eigenvalue weighted by Gasteiger charge is -2.33. The summed E-state index contributed by atoms with van der Waals surface area (Å²) in [4.78, 5) is 30.9. The molecule has 3 aromatic heterocycles. The Balaban J connectivity index is 1.15. The van der Waals surface area contributed by atoms with Crippen LogP contribution in [0.3, 0.4) is 0 Å². The third kappa shape index (κ3) is 4.35. The molecule has 1 aromatic carbocycles. The van der Waals surface area contributed by atoms with Crippen molar-refractivity contribution in [2.75, 3.05) is 31.6 Å². The second-order valence-electron chi connectivity index (χ2n) is 9.20. The van der Waals surface area contributed by atoms with Crippen molar-refractivity contribution in [2.45, 2.75) is 19.3 Å². The minimum absolute atomic E-state index is 0.000101. The van der Waals surface area contributed by atoms with Gasteiger partial charge in [0.1, 0.15) is 11.4 Å². The van der Waals surface area contributed by atoms with Crippen LogP contribution in [-0.2, 0) is 6.42 Å². The summed E-state index contributed by atoms with van der Waals surface area (Å²) < 4.78 is 20.2. The van der Waals surface area contributed by atoms with Crippen LogP contribution in [-0.4, -0.2) is 57.0 Å². The molecule has 1 amide bonds. The summed E-state index contributed by atoms with van der Waals surface area (Å²) in [5.74, 6) is 0.940. The van der Waals surface area contributed by atoms with Gasteiger partial charge in [0, 0.05) is 55.0 Å². The number of halogens is 2. The molecular formula is C26H24ClFN6O2. The van der Waals surface area contributed by atoms with Crippen molar-refractivity contribution in [1.29, 1.82) is 0 Å². The van der Waals surface area contributed by atoms with E-state index in [0.29, 0.717) is 53.9 Å². The van der Waals surface area contributed by atoms with Gasteiger partial charge in [-0.25, -0.2) is 19.3 Å². The average Bonchev–Trinajstić information content (AvgIpc) is 3.54. The number of anilines is 1. The molecule has 6 rings (SSSR count). The van der Waals surface area contributed by atoms with Crippen molar-refractivity contribution in [3.63, 3.8) is 0 Å². The lowest BCUT2D eigenvalue weighted by molar-refractivity contribution is 0.0680. The Hall–Kier alpha value is -3.72. The molecule has 2 N–H and O–H groups in total. The van der Waals surface area contributed by atoms with Gasteiger partial charge in [0.2, 0.25) is 0 Å². The number of nitrogens with zero attached hydrogens (tertiary/aromatic N) is 4. The van der Waals surface area contributed by atoms with Crippen LogP contribution in [0.5, 0.6) is 5.75 Å². The van der Waals surface area contributed by atoms with Gasteiger partial charge in [0.15, 0.2) is 17.5 Å². The van der Waals surface area contributed by atoms with E-state index < -0.39 is 5.82 Å². The number of pyridine rings is 1. The number of amides is 1. The van der Waals surface area contributed by atoms with Gasteiger partial charge >= 0.3 is 0 Å². The third-order valence-electron chi connectivity index (χ3n) is 6.79. The molecule has 0 radical (unpaired) electrons. The van der Waals surface area contributed by atoms with E-state index >= 15 is 0 Å². The van der Waals surface area contributed by atoms with E-state index in [9.17, 15) is 9.18 Å². The highest BCUT2D eigenvalue weighted by Gasteiger charge is 2.26. The molecule has 4 aromatic rings. The molecule has 8 nitrogen and oxygen atoms in total. The highest BCUT2D eigenvalue weighted by atomic mass is 35.5. The first kappa shape index (κ1) is 22.7. The molecule has 1 unspecified atom stereocenters. The van der Waals surface area contributed by atoms with Gasteiger partial charge in [-0.1, -0.05) is 17.7 Å². The molecule has 1 fully saturated rings. The van der Waals surface area contributed by atoms with E-state index in [-0.39, 0.29) is 17.6 Å².